The summed E-state index contributed by atoms with van der Waals surface area (Å²) in [7, 11) is 2.74. The van der Waals surface area contributed by atoms with E-state index in [-0.39, 0.29) is 11.6 Å². The van der Waals surface area contributed by atoms with Gasteiger partial charge >= 0.3 is 12.1 Å². The number of carbonyl (C=O) groups is 3. The number of amides is 2. The van der Waals surface area contributed by atoms with Gasteiger partial charge in [-0.05, 0) is 35.0 Å². The Morgan fingerprint density at radius 2 is 1.85 bits per heavy atom. The van der Waals surface area contributed by atoms with Crippen molar-refractivity contribution in [2.45, 2.75) is 12.5 Å². The van der Waals surface area contributed by atoms with Crippen molar-refractivity contribution in [3.63, 3.8) is 0 Å². The Hall–Kier alpha value is -3.50. The molecule has 1 aromatic carbocycles. The Bertz CT molecular complexity index is 1170. The molecule has 3 heterocycles. The number of hydrogen-bond donors (Lipinski definition) is 0. The topological polar surface area (TPSA) is 88.5 Å². The Labute approximate surface area is 198 Å². The number of ether oxygens (including phenoxy) is 2. The molecular weight excluding hydrogens is 462 g/mol. The summed E-state index contributed by atoms with van der Waals surface area (Å²) < 4.78 is 10.0. The van der Waals surface area contributed by atoms with Crippen molar-refractivity contribution < 1.29 is 23.9 Å². The molecule has 1 aliphatic heterocycles. The fraction of sp³-hybridized carbons (Fsp3) is 0.217. The van der Waals surface area contributed by atoms with E-state index in [9.17, 15) is 14.4 Å². The molecular formula is C23H21N3O5S2. The smallest absolute Gasteiger partial charge is 0.413 e. The van der Waals surface area contributed by atoms with Gasteiger partial charge in [0.1, 0.15) is 0 Å². The number of esters is 1. The third-order valence-corrected chi connectivity index (χ3v) is 7.00. The highest BCUT2D eigenvalue weighted by atomic mass is 32.1. The number of carbonyl (C=O) groups excluding carboxylic acids is 3. The molecule has 1 unspecified atom stereocenters. The summed E-state index contributed by atoms with van der Waals surface area (Å²) in [5, 5.41) is 9.88. The molecule has 0 radical (unpaired) electrons. The molecule has 33 heavy (non-hydrogen) atoms. The molecule has 0 aliphatic carbocycles. The summed E-state index contributed by atoms with van der Waals surface area (Å²) in [5.41, 5.74) is 1.29. The van der Waals surface area contributed by atoms with Gasteiger partial charge < -0.3 is 9.47 Å². The van der Waals surface area contributed by atoms with Crippen LogP contribution in [0.25, 0.3) is 0 Å². The molecule has 0 saturated heterocycles. The first-order valence-electron chi connectivity index (χ1n) is 10.0. The van der Waals surface area contributed by atoms with Gasteiger partial charge in [0.25, 0.3) is 5.91 Å². The van der Waals surface area contributed by atoms with Crippen molar-refractivity contribution in [1.29, 1.82) is 0 Å². The summed E-state index contributed by atoms with van der Waals surface area (Å²) in [4.78, 5) is 40.9. The van der Waals surface area contributed by atoms with Gasteiger partial charge in [-0.2, -0.15) is 5.10 Å². The average molecular weight is 484 g/mol. The molecule has 8 nitrogen and oxygen atoms in total. The van der Waals surface area contributed by atoms with Gasteiger partial charge in [-0.3, -0.25) is 9.69 Å². The van der Waals surface area contributed by atoms with E-state index in [0.717, 1.165) is 15.5 Å². The number of hydrazone groups is 1. The van der Waals surface area contributed by atoms with Gasteiger partial charge in [-0.15, -0.1) is 22.7 Å². The Morgan fingerprint density at radius 3 is 2.55 bits per heavy atom. The third kappa shape index (κ3) is 4.81. The average Bonchev–Trinajstić information content (AvgIpc) is 3.62. The van der Waals surface area contributed by atoms with E-state index in [1.54, 1.807) is 40.9 Å². The molecule has 10 heteroatoms. The lowest BCUT2D eigenvalue weighted by Crippen LogP contribution is -2.31. The molecule has 2 aromatic heterocycles. The van der Waals surface area contributed by atoms with E-state index < -0.39 is 24.6 Å². The molecule has 170 valence electrons. The monoisotopic (exact) mass is 483 g/mol. The standard InChI is InChI=1S/C23H21N3O5S2/c1-25(23(29)30-2)17-8-4-3-7-15(17)22(28)31-14-21(27)26-18(20-10-6-12-33-20)13-16(24-26)19-9-5-11-32-19/h3-12,18H,13-14H2,1-2H3. The second-order valence-electron chi connectivity index (χ2n) is 7.12. The largest absolute Gasteiger partial charge is 0.452 e. The van der Waals surface area contributed by atoms with Gasteiger partial charge in [0, 0.05) is 18.3 Å². The summed E-state index contributed by atoms with van der Waals surface area (Å²) in [5.74, 6) is -1.14. The Kier molecular flexibility index (Phi) is 6.85. The third-order valence-electron chi connectivity index (χ3n) is 5.10. The molecule has 0 bridgehead atoms. The maximum absolute atomic E-state index is 13.0. The van der Waals surface area contributed by atoms with Crippen LogP contribution in [0.3, 0.4) is 0 Å². The molecule has 0 N–H and O–H groups in total. The molecule has 1 aliphatic rings. The highest BCUT2D eigenvalue weighted by Crippen LogP contribution is 2.36. The van der Waals surface area contributed by atoms with Gasteiger partial charge in [0.15, 0.2) is 6.61 Å². The zero-order chi connectivity index (χ0) is 23.4. The van der Waals surface area contributed by atoms with E-state index in [0.29, 0.717) is 12.1 Å². The predicted octanol–water partition coefficient (Wildman–Crippen LogP) is 4.55. The predicted molar refractivity (Wildman–Crippen MR) is 127 cm³/mol. The summed E-state index contributed by atoms with van der Waals surface area (Å²) in [6.45, 7) is -0.474. The fourth-order valence-electron chi connectivity index (χ4n) is 3.48. The quantitative estimate of drug-likeness (QED) is 0.480. The molecule has 2 amide bonds. The minimum absolute atomic E-state index is 0.150. The molecule has 0 spiro atoms. The van der Waals surface area contributed by atoms with E-state index in [1.807, 2.05) is 35.0 Å². The van der Waals surface area contributed by atoms with Gasteiger partial charge in [0.05, 0.1) is 35.0 Å². The van der Waals surface area contributed by atoms with Crippen LogP contribution >= 0.6 is 22.7 Å². The minimum atomic E-state index is -0.718. The highest BCUT2D eigenvalue weighted by Gasteiger charge is 2.34. The zero-order valence-electron chi connectivity index (χ0n) is 18.0. The fourth-order valence-corrected chi connectivity index (χ4v) is 5.01. The maximum atomic E-state index is 13.0. The first-order chi connectivity index (χ1) is 16.0. The first-order valence-corrected chi connectivity index (χ1v) is 11.8. The summed E-state index contributed by atoms with van der Waals surface area (Å²) in [6.07, 6.45) is -0.0365. The lowest BCUT2D eigenvalue weighted by Gasteiger charge is -2.21. The van der Waals surface area contributed by atoms with Gasteiger partial charge in [0.2, 0.25) is 0 Å². The summed E-state index contributed by atoms with van der Waals surface area (Å²) in [6, 6.07) is 14.0. The number of rotatable bonds is 6. The number of anilines is 1. The van der Waals surface area contributed by atoms with Crippen LogP contribution in [0.5, 0.6) is 0 Å². The van der Waals surface area contributed by atoms with Crippen LogP contribution in [0, 0.1) is 0 Å². The van der Waals surface area contributed by atoms with Crippen molar-refractivity contribution >= 4 is 52.0 Å². The van der Waals surface area contributed by atoms with Crippen LogP contribution in [0.2, 0.25) is 0 Å². The lowest BCUT2D eigenvalue weighted by molar-refractivity contribution is -0.136. The van der Waals surface area contributed by atoms with Crippen molar-refractivity contribution in [2.24, 2.45) is 5.10 Å². The number of methoxy groups -OCH3 is 1. The first kappa shape index (κ1) is 22.7. The molecule has 3 aromatic rings. The second-order valence-corrected chi connectivity index (χ2v) is 9.05. The minimum Gasteiger partial charge on any atom is -0.452 e. The van der Waals surface area contributed by atoms with Gasteiger partial charge in [-0.1, -0.05) is 24.3 Å². The number of para-hydroxylation sites is 1. The maximum Gasteiger partial charge on any atom is 0.413 e. The van der Waals surface area contributed by atoms with Gasteiger partial charge in [-0.25, -0.2) is 14.6 Å². The van der Waals surface area contributed by atoms with Crippen LogP contribution in [-0.4, -0.2) is 49.5 Å². The second kappa shape index (κ2) is 9.97. The van der Waals surface area contributed by atoms with Crippen molar-refractivity contribution in [2.75, 3.05) is 25.7 Å². The SMILES string of the molecule is COC(=O)N(C)c1ccccc1C(=O)OCC(=O)N1N=C(c2cccs2)CC1c1cccs1. The van der Waals surface area contributed by atoms with E-state index >= 15 is 0 Å². The number of hydrogen-bond acceptors (Lipinski definition) is 8. The van der Waals surface area contributed by atoms with E-state index in [4.69, 9.17) is 9.47 Å². The highest BCUT2D eigenvalue weighted by molar-refractivity contribution is 7.12. The van der Waals surface area contributed by atoms with E-state index in [1.165, 1.54) is 30.1 Å². The normalized spacial score (nSPS) is 15.2. The van der Waals surface area contributed by atoms with E-state index in [2.05, 4.69) is 5.10 Å². The number of thiophene rings is 2. The number of benzene rings is 1. The van der Waals surface area contributed by atoms with Crippen LogP contribution in [0.1, 0.15) is 32.6 Å². The molecule has 0 saturated carbocycles. The number of nitrogens with zero attached hydrogens (tertiary/aromatic N) is 3. The zero-order valence-corrected chi connectivity index (χ0v) is 19.6. The Balaban J connectivity index is 1.50. The lowest BCUT2D eigenvalue weighted by atomic mass is 10.1. The molecule has 4 rings (SSSR count). The van der Waals surface area contributed by atoms with Crippen LogP contribution < -0.4 is 4.90 Å². The summed E-state index contributed by atoms with van der Waals surface area (Å²) >= 11 is 3.12. The Morgan fingerprint density at radius 1 is 1.09 bits per heavy atom. The van der Waals surface area contributed by atoms with Crippen molar-refractivity contribution in [3.05, 3.63) is 74.6 Å². The molecule has 0 fully saturated rings. The van der Waals surface area contributed by atoms with Crippen LogP contribution in [-0.2, 0) is 14.3 Å². The van der Waals surface area contributed by atoms with Crippen LogP contribution in [0.4, 0.5) is 10.5 Å². The van der Waals surface area contributed by atoms with Crippen LogP contribution in [0.15, 0.2) is 64.4 Å². The van der Waals surface area contributed by atoms with Crippen molar-refractivity contribution in [3.8, 4) is 0 Å². The van der Waals surface area contributed by atoms with Crippen molar-refractivity contribution in [1.82, 2.24) is 5.01 Å². The molecule has 1 atom stereocenters.